The molecule has 0 saturated carbocycles. The van der Waals surface area contributed by atoms with Crippen LogP contribution in [-0.4, -0.2) is 37.7 Å². The lowest BCUT2D eigenvalue weighted by molar-refractivity contribution is -0.128. The van der Waals surface area contributed by atoms with E-state index in [1.165, 1.54) is 0 Å². The van der Waals surface area contributed by atoms with Crippen LogP contribution in [-0.2, 0) is 16.1 Å². The van der Waals surface area contributed by atoms with Crippen molar-refractivity contribution in [3.8, 4) is 0 Å². The van der Waals surface area contributed by atoms with Crippen LogP contribution in [0.25, 0.3) is 0 Å². The highest BCUT2D eigenvalue weighted by Crippen LogP contribution is 2.18. The Morgan fingerprint density at radius 2 is 2.35 bits per heavy atom. The Morgan fingerprint density at radius 3 is 2.95 bits per heavy atom. The Bertz CT molecular complexity index is 458. The Balaban J connectivity index is 1.70. The standard InChI is InChI=1S/C13H20N4O3/c1-15-13(16-7-9-3-2-6-19-9)17-8-10-4-5-11(20-10)12(14)18/h2-3,6,10-11H,4-5,7-8H2,1H3,(H2,14,18)(H2,15,16,17). The van der Waals surface area contributed by atoms with Crippen LogP contribution in [0.1, 0.15) is 18.6 Å². The molecule has 1 aliphatic rings. The Morgan fingerprint density at radius 1 is 1.50 bits per heavy atom. The lowest BCUT2D eigenvalue weighted by Gasteiger charge is -2.15. The lowest BCUT2D eigenvalue weighted by atomic mass is 10.2. The number of nitrogens with two attached hydrogens (primary N) is 1. The fourth-order valence-corrected chi connectivity index (χ4v) is 2.08. The number of amides is 1. The predicted octanol–water partition coefficient (Wildman–Crippen LogP) is -0.0225. The molecule has 2 rings (SSSR count). The molecule has 1 aromatic heterocycles. The van der Waals surface area contributed by atoms with Crippen LogP contribution >= 0.6 is 0 Å². The molecule has 0 radical (unpaired) electrons. The Labute approximate surface area is 117 Å². The summed E-state index contributed by atoms with van der Waals surface area (Å²) in [5, 5.41) is 6.28. The quantitative estimate of drug-likeness (QED) is 0.519. The summed E-state index contributed by atoms with van der Waals surface area (Å²) < 4.78 is 10.8. The van der Waals surface area contributed by atoms with E-state index in [9.17, 15) is 4.79 Å². The minimum absolute atomic E-state index is 0.0188. The van der Waals surface area contributed by atoms with Crippen LogP contribution in [0.5, 0.6) is 0 Å². The normalized spacial score (nSPS) is 22.8. The molecule has 2 heterocycles. The van der Waals surface area contributed by atoms with Gasteiger partial charge < -0.3 is 25.5 Å². The van der Waals surface area contributed by atoms with Crippen LogP contribution < -0.4 is 16.4 Å². The summed E-state index contributed by atoms with van der Waals surface area (Å²) in [4.78, 5) is 15.1. The molecule has 1 saturated heterocycles. The van der Waals surface area contributed by atoms with E-state index in [4.69, 9.17) is 14.9 Å². The van der Waals surface area contributed by atoms with Crippen molar-refractivity contribution in [3.05, 3.63) is 24.2 Å². The van der Waals surface area contributed by atoms with E-state index >= 15 is 0 Å². The minimum atomic E-state index is -0.458. The van der Waals surface area contributed by atoms with Gasteiger partial charge in [-0.2, -0.15) is 0 Å². The van der Waals surface area contributed by atoms with E-state index in [-0.39, 0.29) is 6.10 Å². The number of carbonyl (C=O) groups is 1. The van der Waals surface area contributed by atoms with Crippen LogP contribution in [0.15, 0.2) is 27.8 Å². The van der Waals surface area contributed by atoms with Gasteiger partial charge in [0, 0.05) is 13.6 Å². The average molecular weight is 280 g/mol. The van der Waals surface area contributed by atoms with E-state index in [0.717, 1.165) is 12.2 Å². The molecular formula is C13H20N4O3. The number of hydrogen-bond acceptors (Lipinski definition) is 4. The zero-order chi connectivity index (χ0) is 14.4. The van der Waals surface area contributed by atoms with Gasteiger partial charge in [0.15, 0.2) is 5.96 Å². The predicted molar refractivity (Wildman–Crippen MR) is 74.0 cm³/mol. The number of guanidine groups is 1. The van der Waals surface area contributed by atoms with Gasteiger partial charge in [-0.3, -0.25) is 9.79 Å². The molecule has 0 bridgehead atoms. The summed E-state index contributed by atoms with van der Waals surface area (Å²) in [5.74, 6) is 1.10. The molecule has 2 atom stereocenters. The van der Waals surface area contributed by atoms with Gasteiger partial charge in [-0.25, -0.2) is 0 Å². The fraction of sp³-hybridized carbons (Fsp3) is 0.538. The second-order valence-corrected chi connectivity index (χ2v) is 4.61. The summed E-state index contributed by atoms with van der Waals surface area (Å²) in [6.45, 7) is 1.14. The van der Waals surface area contributed by atoms with Crippen molar-refractivity contribution in [2.75, 3.05) is 13.6 Å². The third-order valence-corrected chi connectivity index (χ3v) is 3.16. The highest BCUT2D eigenvalue weighted by molar-refractivity contribution is 5.80. The van der Waals surface area contributed by atoms with E-state index in [1.54, 1.807) is 13.3 Å². The maximum atomic E-state index is 11.0. The molecule has 4 N–H and O–H groups in total. The molecule has 0 spiro atoms. The number of nitrogens with one attached hydrogen (secondary N) is 2. The van der Waals surface area contributed by atoms with Crippen molar-refractivity contribution >= 4 is 11.9 Å². The van der Waals surface area contributed by atoms with Gasteiger partial charge in [0.2, 0.25) is 5.91 Å². The smallest absolute Gasteiger partial charge is 0.246 e. The molecule has 7 nitrogen and oxygen atoms in total. The fourth-order valence-electron chi connectivity index (χ4n) is 2.08. The van der Waals surface area contributed by atoms with Gasteiger partial charge in [-0.15, -0.1) is 0 Å². The number of rotatable bonds is 5. The average Bonchev–Trinajstić information content (AvgIpc) is 3.10. The molecule has 0 aliphatic carbocycles. The summed E-state index contributed by atoms with van der Waals surface area (Å²) in [6.07, 6.45) is 2.65. The first kappa shape index (κ1) is 14.4. The first-order valence-corrected chi connectivity index (χ1v) is 6.60. The van der Waals surface area contributed by atoms with Gasteiger partial charge >= 0.3 is 0 Å². The van der Waals surface area contributed by atoms with Crippen LogP contribution in [0.4, 0.5) is 0 Å². The summed E-state index contributed by atoms with van der Waals surface area (Å²) in [7, 11) is 1.69. The molecule has 20 heavy (non-hydrogen) atoms. The summed E-state index contributed by atoms with van der Waals surface area (Å²) >= 11 is 0. The third-order valence-electron chi connectivity index (χ3n) is 3.16. The SMILES string of the molecule is CN=C(NCc1ccco1)NCC1CCC(C(N)=O)O1. The number of hydrogen-bond donors (Lipinski definition) is 3. The summed E-state index contributed by atoms with van der Waals surface area (Å²) in [5.41, 5.74) is 5.21. The number of aliphatic imine (C=N–C) groups is 1. The number of carbonyl (C=O) groups excluding carboxylic acids is 1. The van der Waals surface area contributed by atoms with Crippen molar-refractivity contribution in [3.63, 3.8) is 0 Å². The van der Waals surface area contributed by atoms with Crippen LogP contribution in [0.3, 0.4) is 0 Å². The van der Waals surface area contributed by atoms with Gasteiger partial charge in [-0.1, -0.05) is 0 Å². The first-order valence-electron chi connectivity index (χ1n) is 6.60. The van der Waals surface area contributed by atoms with Gasteiger partial charge in [0.1, 0.15) is 11.9 Å². The highest BCUT2D eigenvalue weighted by atomic mass is 16.5. The van der Waals surface area contributed by atoms with Gasteiger partial charge in [0.25, 0.3) is 0 Å². The molecule has 1 amide bonds. The zero-order valence-electron chi connectivity index (χ0n) is 11.5. The second-order valence-electron chi connectivity index (χ2n) is 4.61. The van der Waals surface area contributed by atoms with Crippen molar-refractivity contribution < 1.29 is 13.9 Å². The van der Waals surface area contributed by atoms with Gasteiger partial charge in [-0.05, 0) is 25.0 Å². The number of furan rings is 1. The topological polar surface area (TPSA) is 102 Å². The van der Waals surface area contributed by atoms with E-state index in [0.29, 0.717) is 25.5 Å². The zero-order valence-corrected chi connectivity index (χ0v) is 11.5. The van der Waals surface area contributed by atoms with E-state index in [2.05, 4.69) is 15.6 Å². The maximum absolute atomic E-state index is 11.0. The van der Waals surface area contributed by atoms with Crippen LogP contribution in [0, 0.1) is 0 Å². The highest BCUT2D eigenvalue weighted by Gasteiger charge is 2.28. The maximum Gasteiger partial charge on any atom is 0.246 e. The molecule has 1 aliphatic heterocycles. The molecule has 1 fully saturated rings. The molecular weight excluding hydrogens is 260 g/mol. The molecule has 7 heteroatoms. The second kappa shape index (κ2) is 6.95. The van der Waals surface area contributed by atoms with Crippen molar-refractivity contribution in [1.82, 2.24) is 10.6 Å². The Hall–Kier alpha value is -2.02. The molecule has 1 aromatic rings. The number of primary amides is 1. The first-order chi connectivity index (χ1) is 9.69. The monoisotopic (exact) mass is 280 g/mol. The molecule has 2 unspecified atom stereocenters. The molecule has 0 aromatic carbocycles. The van der Waals surface area contributed by atoms with Crippen molar-refractivity contribution in [2.45, 2.75) is 31.6 Å². The van der Waals surface area contributed by atoms with Crippen molar-refractivity contribution in [2.24, 2.45) is 10.7 Å². The van der Waals surface area contributed by atoms with Crippen LogP contribution in [0.2, 0.25) is 0 Å². The summed E-state index contributed by atoms with van der Waals surface area (Å²) in [6, 6.07) is 3.72. The van der Waals surface area contributed by atoms with Crippen molar-refractivity contribution in [1.29, 1.82) is 0 Å². The minimum Gasteiger partial charge on any atom is -0.467 e. The number of nitrogens with zero attached hydrogens (tertiary/aromatic N) is 1. The number of ether oxygens (including phenoxy) is 1. The Kier molecular flexibility index (Phi) is 5.00. The van der Waals surface area contributed by atoms with Gasteiger partial charge in [0.05, 0.1) is 18.9 Å². The lowest BCUT2D eigenvalue weighted by Crippen LogP contribution is -2.41. The van der Waals surface area contributed by atoms with E-state index in [1.807, 2.05) is 12.1 Å². The van der Waals surface area contributed by atoms with E-state index < -0.39 is 12.0 Å². The third kappa shape index (κ3) is 3.99. The molecule has 110 valence electrons. The largest absolute Gasteiger partial charge is 0.467 e.